The van der Waals surface area contributed by atoms with Gasteiger partial charge in [-0.1, -0.05) is 6.92 Å². The molecule has 0 heterocycles. The van der Waals surface area contributed by atoms with E-state index in [-0.39, 0.29) is 0 Å². The molecule has 4 nitrogen and oxygen atoms in total. The average molecular weight is 251 g/mol. The van der Waals surface area contributed by atoms with Crippen molar-refractivity contribution in [3.63, 3.8) is 0 Å². The molecule has 0 aliphatic heterocycles. The van der Waals surface area contributed by atoms with Crippen LogP contribution in [0.5, 0.6) is 0 Å². The predicted molar refractivity (Wildman–Crippen MR) is 67.5 cm³/mol. The summed E-state index contributed by atoms with van der Waals surface area (Å²) >= 11 is 0. The van der Waals surface area contributed by atoms with Gasteiger partial charge >= 0.3 is 7.60 Å². The van der Waals surface area contributed by atoms with E-state index < -0.39 is 24.6 Å². The molecular formula is C11H26NO3P. The van der Waals surface area contributed by atoms with Crippen molar-refractivity contribution in [2.75, 3.05) is 0 Å². The minimum Gasteiger partial charge on any atom is -0.318 e. The SMILES string of the molecule is CCC(N)P(=O)(OC(C)(C)C)OC(C)(C)C. The summed E-state index contributed by atoms with van der Waals surface area (Å²) in [6.07, 6.45) is 0.559. The molecule has 0 spiro atoms. The monoisotopic (exact) mass is 251 g/mol. The van der Waals surface area contributed by atoms with Gasteiger partial charge in [-0.05, 0) is 48.0 Å². The number of nitrogens with two attached hydrogens (primary N) is 1. The van der Waals surface area contributed by atoms with Crippen molar-refractivity contribution in [3.8, 4) is 0 Å². The highest BCUT2D eigenvalue weighted by Gasteiger charge is 2.39. The molecule has 0 aromatic heterocycles. The molecule has 0 radical (unpaired) electrons. The third-order valence-electron chi connectivity index (χ3n) is 1.63. The maximum Gasteiger partial charge on any atom is 0.348 e. The lowest BCUT2D eigenvalue weighted by Gasteiger charge is -2.34. The van der Waals surface area contributed by atoms with Gasteiger partial charge in [0.25, 0.3) is 0 Å². The van der Waals surface area contributed by atoms with E-state index in [1.54, 1.807) is 0 Å². The largest absolute Gasteiger partial charge is 0.348 e. The van der Waals surface area contributed by atoms with Gasteiger partial charge < -0.3 is 14.8 Å². The van der Waals surface area contributed by atoms with Gasteiger partial charge in [0.15, 0.2) is 0 Å². The third kappa shape index (κ3) is 6.00. The van der Waals surface area contributed by atoms with Crippen LogP contribution in [0, 0.1) is 0 Å². The van der Waals surface area contributed by atoms with E-state index in [0.717, 1.165) is 0 Å². The molecule has 0 saturated carbocycles. The summed E-state index contributed by atoms with van der Waals surface area (Å²) in [6, 6.07) is 0. The van der Waals surface area contributed by atoms with Crippen LogP contribution in [0.2, 0.25) is 0 Å². The van der Waals surface area contributed by atoms with Crippen molar-refractivity contribution in [1.29, 1.82) is 0 Å². The Balaban J connectivity index is 4.98. The molecule has 0 fully saturated rings. The summed E-state index contributed by atoms with van der Waals surface area (Å²) in [6.45, 7) is 12.9. The van der Waals surface area contributed by atoms with E-state index in [2.05, 4.69) is 0 Å². The molecule has 16 heavy (non-hydrogen) atoms. The fraction of sp³-hybridized carbons (Fsp3) is 1.00. The van der Waals surface area contributed by atoms with E-state index in [1.807, 2.05) is 48.5 Å². The van der Waals surface area contributed by atoms with Gasteiger partial charge in [-0.3, -0.25) is 4.57 Å². The summed E-state index contributed by atoms with van der Waals surface area (Å²) < 4.78 is 23.7. The van der Waals surface area contributed by atoms with Crippen LogP contribution in [-0.2, 0) is 13.6 Å². The van der Waals surface area contributed by atoms with Crippen molar-refractivity contribution in [1.82, 2.24) is 0 Å². The zero-order valence-electron chi connectivity index (χ0n) is 11.5. The lowest BCUT2D eigenvalue weighted by Crippen LogP contribution is -2.31. The Morgan fingerprint density at radius 2 is 1.38 bits per heavy atom. The number of hydrogen-bond donors (Lipinski definition) is 1. The highest BCUT2D eigenvalue weighted by atomic mass is 31.2. The van der Waals surface area contributed by atoms with Crippen molar-refractivity contribution in [3.05, 3.63) is 0 Å². The van der Waals surface area contributed by atoms with Gasteiger partial charge in [-0.2, -0.15) is 0 Å². The van der Waals surface area contributed by atoms with Crippen LogP contribution < -0.4 is 5.73 Å². The van der Waals surface area contributed by atoms with Gasteiger partial charge in [-0.25, -0.2) is 0 Å². The normalized spacial score (nSPS) is 16.2. The van der Waals surface area contributed by atoms with E-state index in [4.69, 9.17) is 14.8 Å². The molecule has 5 heteroatoms. The first kappa shape index (κ1) is 16.1. The molecular weight excluding hydrogens is 225 g/mol. The van der Waals surface area contributed by atoms with Crippen LogP contribution in [0.1, 0.15) is 54.9 Å². The summed E-state index contributed by atoms with van der Waals surface area (Å²) in [5.41, 5.74) is 4.78. The number of rotatable bonds is 4. The third-order valence-corrected chi connectivity index (χ3v) is 4.41. The minimum absolute atomic E-state index is 0.534. The van der Waals surface area contributed by atoms with Crippen LogP contribution in [0.4, 0.5) is 0 Å². The van der Waals surface area contributed by atoms with Crippen LogP contribution in [-0.4, -0.2) is 17.0 Å². The first-order valence-corrected chi connectivity index (χ1v) is 7.27. The van der Waals surface area contributed by atoms with Crippen molar-refractivity contribution in [2.45, 2.75) is 71.9 Å². The molecule has 0 aliphatic rings. The maximum absolute atomic E-state index is 12.6. The summed E-state index contributed by atoms with van der Waals surface area (Å²) in [5.74, 6) is -0.578. The van der Waals surface area contributed by atoms with Crippen LogP contribution in [0.3, 0.4) is 0 Å². The standard InChI is InChI=1S/C11H26NO3P/c1-8-9(12)16(13,14-10(2,3)4)15-11(5,6)7/h9H,8,12H2,1-7H3. The van der Waals surface area contributed by atoms with Crippen molar-refractivity contribution in [2.24, 2.45) is 5.73 Å². The van der Waals surface area contributed by atoms with Gasteiger partial charge in [-0.15, -0.1) is 0 Å². The maximum atomic E-state index is 12.6. The van der Waals surface area contributed by atoms with E-state index in [9.17, 15) is 4.57 Å². The quantitative estimate of drug-likeness (QED) is 0.777. The minimum atomic E-state index is -3.28. The molecule has 1 unspecified atom stereocenters. The highest BCUT2D eigenvalue weighted by molar-refractivity contribution is 7.54. The van der Waals surface area contributed by atoms with Crippen LogP contribution in [0.15, 0.2) is 0 Å². The molecule has 0 aromatic carbocycles. The molecule has 0 aromatic rings. The first-order valence-electron chi connectivity index (χ1n) is 5.66. The van der Waals surface area contributed by atoms with Crippen LogP contribution >= 0.6 is 7.60 Å². The fourth-order valence-electron chi connectivity index (χ4n) is 1.14. The van der Waals surface area contributed by atoms with E-state index >= 15 is 0 Å². The highest BCUT2D eigenvalue weighted by Crippen LogP contribution is 2.57. The second kappa shape index (κ2) is 5.18. The fourth-order valence-corrected chi connectivity index (χ4v) is 3.42. The predicted octanol–water partition coefficient (Wildman–Crippen LogP) is 3.50. The van der Waals surface area contributed by atoms with Crippen molar-refractivity contribution < 1.29 is 13.6 Å². The summed E-state index contributed by atoms with van der Waals surface area (Å²) in [5, 5.41) is 0. The van der Waals surface area contributed by atoms with Gasteiger partial charge in [0, 0.05) is 0 Å². The van der Waals surface area contributed by atoms with Crippen LogP contribution in [0.25, 0.3) is 0 Å². The molecule has 0 aliphatic carbocycles. The van der Waals surface area contributed by atoms with E-state index in [0.29, 0.717) is 6.42 Å². The molecule has 0 amide bonds. The Labute approximate surface area is 99.4 Å². The summed E-state index contributed by atoms with van der Waals surface area (Å²) in [7, 11) is -3.28. The molecule has 1 atom stereocenters. The zero-order chi connectivity index (χ0) is 13.2. The number of hydrogen-bond acceptors (Lipinski definition) is 4. The zero-order valence-corrected chi connectivity index (χ0v) is 12.4. The Morgan fingerprint density at radius 3 is 1.56 bits per heavy atom. The lowest BCUT2D eigenvalue weighted by molar-refractivity contribution is 0.0450. The van der Waals surface area contributed by atoms with Gasteiger partial charge in [0.1, 0.15) is 5.78 Å². The smallest absolute Gasteiger partial charge is 0.318 e. The molecule has 0 saturated heterocycles. The van der Waals surface area contributed by atoms with Crippen molar-refractivity contribution >= 4 is 7.60 Å². The molecule has 0 rings (SSSR count). The Kier molecular flexibility index (Phi) is 5.21. The first-order chi connectivity index (χ1) is 6.90. The molecule has 98 valence electrons. The van der Waals surface area contributed by atoms with E-state index in [1.165, 1.54) is 0 Å². The molecule has 0 bridgehead atoms. The molecule has 2 N–H and O–H groups in total. The van der Waals surface area contributed by atoms with Gasteiger partial charge in [0.2, 0.25) is 0 Å². The Morgan fingerprint density at radius 1 is 1.06 bits per heavy atom. The summed E-state index contributed by atoms with van der Waals surface area (Å²) in [4.78, 5) is 0. The average Bonchev–Trinajstić information content (AvgIpc) is 1.95. The second-order valence-electron chi connectivity index (χ2n) is 5.92. The van der Waals surface area contributed by atoms with Gasteiger partial charge in [0.05, 0.1) is 11.2 Å². The topological polar surface area (TPSA) is 61.6 Å². The Hall–Kier alpha value is 0.110. The Bertz CT molecular complexity index is 245. The lowest BCUT2D eigenvalue weighted by atomic mass is 10.2. The second-order valence-corrected chi connectivity index (χ2v) is 8.03.